The smallest absolute Gasteiger partial charge is 0.240 e. The van der Waals surface area contributed by atoms with Crippen LogP contribution in [0, 0.1) is 0 Å². The monoisotopic (exact) mass is 256 g/mol. The van der Waals surface area contributed by atoms with E-state index >= 15 is 0 Å². The number of benzene rings is 1. The summed E-state index contributed by atoms with van der Waals surface area (Å²) in [4.78, 5) is 0.330. The van der Waals surface area contributed by atoms with Gasteiger partial charge in [-0.15, -0.1) is 0 Å². The largest absolute Gasteiger partial charge is 0.320 e. The predicted octanol–water partition coefficient (Wildman–Crippen LogP) is 1.14. The summed E-state index contributed by atoms with van der Waals surface area (Å²) in [6, 6.07) is 7.07. The number of nitrogens with one attached hydrogen (secondary N) is 2. The molecule has 17 heavy (non-hydrogen) atoms. The number of hydrogen-bond acceptors (Lipinski definition) is 3. The van der Waals surface area contributed by atoms with E-state index in [1.165, 1.54) is 0 Å². The predicted molar refractivity (Wildman–Crippen MR) is 69.6 cm³/mol. The van der Waals surface area contributed by atoms with Crippen molar-refractivity contribution in [3.63, 3.8) is 0 Å². The van der Waals surface area contributed by atoms with Gasteiger partial charge >= 0.3 is 0 Å². The maximum absolute atomic E-state index is 11.7. The lowest BCUT2D eigenvalue weighted by atomic mass is 10.1. The van der Waals surface area contributed by atoms with E-state index in [1.54, 1.807) is 19.1 Å². The molecule has 0 bridgehead atoms. The molecule has 1 rings (SSSR count). The van der Waals surface area contributed by atoms with Gasteiger partial charge in [-0.05, 0) is 44.1 Å². The molecular weight excluding hydrogens is 236 g/mol. The topological polar surface area (TPSA) is 58.2 Å². The van der Waals surface area contributed by atoms with Gasteiger partial charge < -0.3 is 5.32 Å². The lowest BCUT2D eigenvalue weighted by molar-refractivity contribution is 0.584. The van der Waals surface area contributed by atoms with Crippen molar-refractivity contribution in [1.82, 2.24) is 10.0 Å². The summed E-state index contributed by atoms with van der Waals surface area (Å²) < 4.78 is 25.8. The van der Waals surface area contributed by atoms with E-state index in [1.807, 2.05) is 19.2 Å². The van der Waals surface area contributed by atoms with Crippen LogP contribution in [0.25, 0.3) is 0 Å². The first kappa shape index (κ1) is 14.2. The Labute approximate surface area is 103 Å². The molecule has 0 radical (unpaired) electrons. The van der Waals surface area contributed by atoms with Crippen LogP contribution < -0.4 is 10.0 Å². The van der Waals surface area contributed by atoms with Gasteiger partial charge in [0.25, 0.3) is 0 Å². The van der Waals surface area contributed by atoms with Crippen LogP contribution in [0.15, 0.2) is 29.2 Å². The standard InChI is InChI=1S/C12H20N2O2S/c1-3-14-17(15,16)12-8-6-11(7-9-12)5-4-10-13-2/h6-9,13-14H,3-5,10H2,1-2H3. The molecule has 0 heterocycles. The Morgan fingerprint density at radius 1 is 1.18 bits per heavy atom. The molecular formula is C12H20N2O2S. The quantitative estimate of drug-likeness (QED) is 0.719. The first-order valence-corrected chi connectivity index (χ1v) is 7.31. The fourth-order valence-corrected chi connectivity index (χ4v) is 2.62. The molecule has 96 valence electrons. The zero-order valence-corrected chi connectivity index (χ0v) is 11.2. The van der Waals surface area contributed by atoms with Crippen LogP contribution in [-0.2, 0) is 16.4 Å². The van der Waals surface area contributed by atoms with Gasteiger partial charge in [-0.2, -0.15) is 0 Å². The maximum Gasteiger partial charge on any atom is 0.240 e. The van der Waals surface area contributed by atoms with Gasteiger partial charge in [-0.3, -0.25) is 0 Å². The molecule has 0 aliphatic heterocycles. The van der Waals surface area contributed by atoms with Crippen molar-refractivity contribution in [2.24, 2.45) is 0 Å². The van der Waals surface area contributed by atoms with Crippen LogP contribution in [0.2, 0.25) is 0 Å². The molecule has 0 aromatic heterocycles. The number of sulfonamides is 1. The van der Waals surface area contributed by atoms with Crippen molar-refractivity contribution in [1.29, 1.82) is 0 Å². The van der Waals surface area contributed by atoms with Crippen LogP contribution in [0.3, 0.4) is 0 Å². The van der Waals surface area contributed by atoms with Crippen LogP contribution in [0.4, 0.5) is 0 Å². The van der Waals surface area contributed by atoms with Crippen molar-refractivity contribution in [3.05, 3.63) is 29.8 Å². The van der Waals surface area contributed by atoms with Gasteiger partial charge in [0, 0.05) is 6.54 Å². The van der Waals surface area contributed by atoms with E-state index in [0.717, 1.165) is 24.9 Å². The maximum atomic E-state index is 11.7. The molecule has 0 aliphatic rings. The first-order chi connectivity index (χ1) is 8.10. The first-order valence-electron chi connectivity index (χ1n) is 5.83. The minimum Gasteiger partial charge on any atom is -0.320 e. The Kier molecular flexibility index (Phi) is 5.61. The zero-order valence-electron chi connectivity index (χ0n) is 10.4. The Balaban J connectivity index is 2.68. The van der Waals surface area contributed by atoms with Crippen LogP contribution in [-0.4, -0.2) is 28.6 Å². The van der Waals surface area contributed by atoms with Gasteiger partial charge in [0.15, 0.2) is 0 Å². The van der Waals surface area contributed by atoms with Crippen LogP contribution in [0.1, 0.15) is 18.9 Å². The molecule has 0 aliphatic carbocycles. The molecule has 0 spiro atoms. The summed E-state index contributed by atoms with van der Waals surface area (Å²) in [6.07, 6.45) is 2.01. The van der Waals surface area contributed by atoms with Crippen molar-refractivity contribution < 1.29 is 8.42 Å². The van der Waals surface area contributed by atoms with Crippen LogP contribution in [0.5, 0.6) is 0 Å². The Morgan fingerprint density at radius 2 is 1.82 bits per heavy atom. The second-order valence-corrected chi connectivity index (χ2v) is 5.62. The molecule has 0 amide bonds. The molecule has 0 saturated heterocycles. The number of hydrogen-bond donors (Lipinski definition) is 2. The van der Waals surface area contributed by atoms with E-state index in [4.69, 9.17) is 0 Å². The molecule has 0 atom stereocenters. The second-order valence-electron chi connectivity index (χ2n) is 3.85. The van der Waals surface area contributed by atoms with Crippen molar-refractivity contribution in [2.45, 2.75) is 24.7 Å². The third-order valence-corrected chi connectivity index (χ3v) is 4.02. The zero-order chi connectivity index (χ0) is 12.7. The molecule has 2 N–H and O–H groups in total. The minimum atomic E-state index is -3.31. The van der Waals surface area contributed by atoms with E-state index in [9.17, 15) is 8.42 Å². The fourth-order valence-electron chi connectivity index (χ4n) is 1.58. The summed E-state index contributed by atoms with van der Waals surface area (Å²) in [5.41, 5.74) is 1.16. The molecule has 1 aromatic carbocycles. The number of aryl methyl sites for hydroxylation is 1. The lowest BCUT2D eigenvalue weighted by Crippen LogP contribution is -2.23. The summed E-state index contributed by atoms with van der Waals surface area (Å²) in [5, 5.41) is 3.08. The van der Waals surface area contributed by atoms with E-state index in [0.29, 0.717) is 11.4 Å². The summed E-state index contributed by atoms with van der Waals surface area (Å²) in [5.74, 6) is 0. The van der Waals surface area contributed by atoms with Gasteiger partial charge in [0.1, 0.15) is 0 Å². The highest BCUT2D eigenvalue weighted by Crippen LogP contribution is 2.11. The second kappa shape index (κ2) is 6.74. The van der Waals surface area contributed by atoms with Gasteiger partial charge in [0.2, 0.25) is 10.0 Å². The molecule has 1 aromatic rings. The van der Waals surface area contributed by atoms with E-state index in [-0.39, 0.29) is 0 Å². The fraction of sp³-hybridized carbons (Fsp3) is 0.500. The molecule has 4 nitrogen and oxygen atoms in total. The highest BCUT2D eigenvalue weighted by atomic mass is 32.2. The minimum absolute atomic E-state index is 0.330. The van der Waals surface area contributed by atoms with Gasteiger partial charge in [-0.1, -0.05) is 19.1 Å². The Bertz CT molecular complexity index is 426. The molecule has 0 fully saturated rings. The SMILES string of the molecule is CCNS(=O)(=O)c1ccc(CCCNC)cc1. The number of rotatable bonds is 7. The Morgan fingerprint density at radius 3 is 2.35 bits per heavy atom. The molecule has 5 heteroatoms. The van der Waals surface area contributed by atoms with Crippen molar-refractivity contribution in [2.75, 3.05) is 20.1 Å². The van der Waals surface area contributed by atoms with E-state index < -0.39 is 10.0 Å². The third kappa shape index (κ3) is 4.46. The van der Waals surface area contributed by atoms with E-state index in [2.05, 4.69) is 10.0 Å². The van der Waals surface area contributed by atoms with Gasteiger partial charge in [-0.25, -0.2) is 13.1 Å². The highest BCUT2D eigenvalue weighted by Gasteiger charge is 2.11. The normalized spacial score (nSPS) is 11.6. The molecule has 0 saturated carbocycles. The highest BCUT2D eigenvalue weighted by molar-refractivity contribution is 7.89. The van der Waals surface area contributed by atoms with Crippen molar-refractivity contribution in [3.8, 4) is 0 Å². The van der Waals surface area contributed by atoms with Crippen molar-refractivity contribution >= 4 is 10.0 Å². The van der Waals surface area contributed by atoms with Gasteiger partial charge in [0.05, 0.1) is 4.90 Å². The molecule has 0 unspecified atom stereocenters. The summed E-state index contributed by atoms with van der Waals surface area (Å²) in [6.45, 7) is 3.15. The third-order valence-electron chi connectivity index (χ3n) is 2.46. The lowest BCUT2D eigenvalue weighted by Gasteiger charge is -2.06. The Hall–Kier alpha value is -0.910. The van der Waals surface area contributed by atoms with Crippen LogP contribution >= 0.6 is 0 Å². The summed E-state index contributed by atoms with van der Waals surface area (Å²) in [7, 11) is -1.39. The average molecular weight is 256 g/mol. The summed E-state index contributed by atoms with van der Waals surface area (Å²) >= 11 is 0. The average Bonchev–Trinajstić information content (AvgIpc) is 2.30.